The summed E-state index contributed by atoms with van der Waals surface area (Å²) in [6.45, 7) is 2.83. The lowest BCUT2D eigenvalue weighted by molar-refractivity contribution is -0.119. The maximum absolute atomic E-state index is 12.2. The molecule has 0 atom stereocenters. The molecule has 0 aliphatic rings. The molecule has 0 bridgehead atoms. The van der Waals surface area contributed by atoms with Gasteiger partial charge in [0.25, 0.3) is 0 Å². The molecule has 0 spiro atoms. The Bertz CT molecular complexity index is 993. The fourth-order valence-electron chi connectivity index (χ4n) is 2.81. The third kappa shape index (κ3) is 6.90. The van der Waals surface area contributed by atoms with Gasteiger partial charge in [-0.3, -0.25) is 4.79 Å². The van der Waals surface area contributed by atoms with E-state index < -0.39 is 0 Å². The summed E-state index contributed by atoms with van der Waals surface area (Å²) in [5, 5.41) is 5.98. The van der Waals surface area contributed by atoms with Gasteiger partial charge in [0, 0.05) is 11.8 Å². The summed E-state index contributed by atoms with van der Waals surface area (Å²) in [5.41, 5.74) is 2.79. The standard InChI is InChI=1S/C24H24N2O3S/c1-18-8-5-6-9-19(18)16-23(27)26-24(30)25-20-10-7-13-22(17-20)29-15-14-28-21-11-3-2-4-12-21/h2-13,17H,14-16H2,1H3,(H2,25,26,27,30). The SMILES string of the molecule is Cc1ccccc1CC(=O)NC(=S)Nc1cccc(OCCOc2ccccc2)c1. The Hall–Kier alpha value is -3.38. The fourth-order valence-corrected chi connectivity index (χ4v) is 3.05. The van der Waals surface area contributed by atoms with Crippen molar-refractivity contribution in [2.45, 2.75) is 13.3 Å². The van der Waals surface area contributed by atoms with E-state index in [0.717, 1.165) is 22.6 Å². The van der Waals surface area contributed by atoms with Crippen molar-refractivity contribution in [3.8, 4) is 11.5 Å². The zero-order valence-corrected chi connectivity index (χ0v) is 17.6. The second-order valence-corrected chi connectivity index (χ2v) is 7.05. The maximum Gasteiger partial charge on any atom is 0.230 e. The summed E-state index contributed by atoms with van der Waals surface area (Å²) >= 11 is 5.26. The first-order valence-electron chi connectivity index (χ1n) is 9.66. The molecule has 3 aromatic rings. The first kappa shape index (κ1) is 21.3. The van der Waals surface area contributed by atoms with E-state index in [1.807, 2.05) is 85.8 Å². The van der Waals surface area contributed by atoms with Crippen LogP contribution in [0.15, 0.2) is 78.9 Å². The molecule has 0 aliphatic carbocycles. The molecule has 0 radical (unpaired) electrons. The van der Waals surface area contributed by atoms with E-state index in [1.165, 1.54) is 0 Å². The molecule has 3 aromatic carbocycles. The van der Waals surface area contributed by atoms with Crippen molar-refractivity contribution < 1.29 is 14.3 Å². The van der Waals surface area contributed by atoms with Crippen molar-refractivity contribution in [3.63, 3.8) is 0 Å². The summed E-state index contributed by atoms with van der Waals surface area (Å²) in [6.07, 6.45) is 0.277. The number of carbonyl (C=O) groups excluding carboxylic acids is 1. The molecule has 1 amide bonds. The third-order valence-corrected chi connectivity index (χ3v) is 4.53. The quantitative estimate of drug-likeness (QED) is 0.415. The first-order valence-corrected chi connectivity index (χ1v) is 10.1. The molecule has 5 nitrogen and oxygen atoms in total. The zero-order valence-electron chi connectivity index (χ0n) is 16.8. The summed E-state index contributed by atoms with van der Waals surface area (Å²) in [5.74, 6) is 1.33. The van der Waals surface area contributed by atoms with Gasteiger partial charge in [-0.25, -0.2) is 0 Å². The monoisotopic (exact) mass is 420 g/mol. The number of aryl methyl sites for hydroxylation is 1. The molecule has 0 aromatic heterocycles. The predicted octanol–water partition coefficient (Wildman–Crippen LogP) is 4.51. The number of nitrogens with one attached hydrogen (secondary N) is 2. The number of hydrogen-bond donors (Lipinski definition) is 2. The van der Waals surface area contributed by atoms with Crippen molar-refractivity contribution in [2.24, 2.45) is 0 Å². The van der Waals surface area contributed by atoms with Crippen LogP contribution in [0.25, 0.3) is 0 Å². The second kappa shape index (κ2) is 11.0. The topological polar surface area (TPSA) is 59.6 Å². The minimum Gasteiger partial charge on any atom is -0.490 e. The molecule has 154 valence electrons. The molecule has 3 rings (SSSR count). The molecular formula is C24H24N2O3S. The van der Waals surface area contributed by atoms with Crippen LogP contribution in [0, 0.1) is 6.92 Å². The van der Waals surface area contributed by atoms with Gasteiger partial charge < -0.3 is 20.1 Å². The average molecular weight is 421 g/mol. The van der Waals surface area contributed by atoms with Crippen LogP contribution in [0.3, 0.4) is 0 Å². The van der Waals surface area contributed by atoms with Gasteiger partial charge in [-0.1, -0.05) is 48.5 Å². The van der Waals surface area contributed by atoms with E-state index in [9.17, 15) is 4.79 Å². The number of amides is 1. The van der Waals surface area contributed by atoms with E-state index in [1.54, 1.807) is 0 Å². The number of rotatable bonds is 8. The fraction of sp³-hybridized carbons (Fsp3) is 0.167. The van der Waals surface area contributed by atoms with Crippen molar-refractivity contribution in [1.29, 1.82) is 0 Å². The molecular weight excluding hydrogens is 396 g/mol. The van der Waals surface area contributed by atoms with Crippen LogP contribution in [0.1, 0.15) is 11.1 Å². The summed E-state index contributed by atoms with van der Waals surface area (Å²) in [7, 11) is 0. The summed E-state index contributed by atoms with van der Waals surface area (Å²) in [6, 6.07) is 24.8. The highest BCUT2D eigenvalue weighted by Gasteiger charge is 2.08. The van der Waals surface area contributed by atoms with Gasteiger partial charge in [0.2, 0.25) is 5.91 Å². The summed E-state index contributed by atoms with van der Waals surface area (Å²) in [4.78, 5) is 12.2. The van der Waals surface area contributed by atoms with Gasteiger partial charge in [-0.05, 0) is 54.5 Å². The van der Waals surface area contributed by atoms with Crippen molar-refractivity contribution in [3.05, 3.63) is 90.0 Å². The zero-order chi connectivity index (χ0) is 21.2. The highest BCUT2D eigenvalue weighted by molar-refractivity contribution is 7.80. The second-order valence-electron chi connectivity index (χ2n) is 6.64. The molecule has 0 fully saturated rings. The number of hydrogen-bond acceptors (Lipinski definition) is 4. The number of para-hydroxylation sites is 1. The van der Waals surface area contributed by atoms with E-state index in [-0.39, 0.29) is 17.4 Å². The molecule has 0 heterocycles. The Morgan fingerprint density at radius 1 is 0.867 bits per heavy atom. The van der Waals surface area contributed by atoms with E-state index in [0.29, 0.717) is 19.0 Å². The molecule has 0 saturated heterocycles. The Morgan fingerprint density at radius 2 is 1.53 bits per heavy atom. The third-order valence-electron chi connectivity index (χ3n) is 4.32. The van der Waals surface area contributed by atoms with E-state index in [2.05, 4.69) is 10.6 Å². The van der Waals surface area contributed by atoms with Crippen LogP contribution < -0.4 is 20.1 Å². The largest absolute Gasteiger partial charge is 0.490 e. The Labute approximate surface area is 182 Å². The number of anilines is 1. The Morgan fingerprint density at radius 3 is 2.30 bits per heavy atom. The van der Waals surface area contributed by atoms with Crippen molar-refractivity contribution in [1.82, 2.24) is 5.32 Å². The minimum absolute atomic E-state index is 0.160. The van der Waals surface area contributed by atoms with Gasteiger partial charge >= 0.3 is 0 Å². The number of thiocarbonyl (C=S) groups is 1. The van der Waals surface area contributed by atoms with Gasteiger partial charge in [0.15, 0.2) is 5.11 Å². The van der Waals surface area contributed by atoms with Gasteiger partial charge in [-0.2, -0.15) is 0 Å². The molecule has 0 unspecified atom stereocenters. The van der Waals surface area contributed by atoms with Crippen LogP contribution in [0.2, 0.25) is 0 Å². The van der Waals surface area contributed by atoms with Gasteiger partial charge in [0.1, 0.15) is 24.7 Å². The summed E-state index contributed by atoms with van der Waals surface area (Å²) < 4.78 is 11.3. The van der Waals surface area contributed by atoms with Gasteiger partial charge in [0.05, 0.1) is 6.42 Å². The maximum atomic E-state index is 12.2. The molecule has 0 aliphatic heterocycles. The van der Waals surface area contributed by atoms with Crippen LogP contribution in [-0.2, 0) is 11.2 Å². The van der Waals surface area contributed by atoms with Gasteiger partial charge in [-0.15, -0.1) is 0 Å². The lowest BCUT2D eigenvalue weighted by atomic mass is 10.1. The smallest absolute Gasteiger partial charge is 0.230 e. The van der Waals surface area contributed by atoms with E-state index >= 15 is 0 Å². The lowest BCUT2D eigenvalue weighted by Gasteiger charge is -2.12. The highest BCUT2D eigenvalue weighted by Crippen LogP contribution is 2.17. The highest BCUT2D eigenvalue weighted by atomic mass is 32.1. The first-order chi connectivity index (χ1) is 14.6. The predicted molar refractivity (Wildman–Crippen MR) is 123 cm³/mol. The normalized spacial score (nSPS) is 10.2. The lowest BCUT2D eigenvalue weighted by Crippen LogP contribution is -2.35. The van der Waals surface area contributed by atoms with Crippen LogP contribution in [0.4, 0.5) is 5.69 Å². The number of benzene rings is 3. The molecule has 2 N–H and O–H groups in total. The number of ether oxygens (including phenoxy) is 2. The Kier molecular flexibility index (Phi) is 7.80. The van der Waals surface area contributed by atoms with Crippen LogP contribution in [-0.4, -0.2) is 24.2 Å². The minimum atomic E-state index is -0.160. The molecule has 6 heteroatoms. The van der Waals surface area contributed by atoms with Crippen molar-refractivity contribution >= 4 is 28.9 Å². The van der Waals surface area contributed by atoms with E-state index in [4.69, 9.17) is 21.7 Å². The average Bonchev–Trinajstić information content (AvgIpc) is 2.74. The Balaban J connectivity index is 1.44. The van der Waals surface area contributed by atoms with Crippen LogP contribution in [0.5, 0.6) is 11.5 Å². The van der Waals surface area contributed by atoms with Crippen molar-refractivity contribution in [2.75, 3.05) is 18.5 Å². The van der Waals surface area contributed by atoms with Crippen LogP contribution >= 0.6 is 12.2 Å². The molecule has 30 heavy (non-hydrogen) atoms. The molecule has 0 saturated carbocycles. The number of carbonyl (C=O) groups is 1.